The smallest absolute Gasteiger partial charge is 0.330 e. The van der Waals surface area contributed by atoms with Gasteiger partial charge in [-0.2, -0.15) is 0 Å². The van der Waals surface area contributed by atoms with E-state index in [2.05, 4.69) is 26.6 Å². The van der Waals surface area contributed by atoms with Crippen molar-refractivity contribution in [3.63, 3.8) is 0 Å². The minimum absolute atomic E-state index is 0.477. The molecule has 0 saturated carbocycles. The van der Waals surface area contributed by atoms with Gasteiger partial charge in [0, 0.05) is 5.69 Å². The summed E-state index contributed by atoms with van der Waals surface area (Å²) in [5.74, 6) is -1.54. The number of halogens is 1. The average Bonchev–Trinajstić information content (AvgIpc) is 2.43. The molecule has 4 N–H and O–H groups in total. The molecule has 0 aromatic heterocycles. The summed E-state index contributed by atoms with van der Waals surface area (Å²) in [5.41, 5.74) is 0.477. The molecule has 2 atom stereocenters. The van der Waals surface area contributed by atoms with Crippen LogP contribution < -0.4 is 20.7 Å². The molecular formula is C12H12BrN3O5. The lowest BCUT2D eigenvalue weighted by molar-refractivity contribution is -0.142. The van der Waals surface area contributed by atoms with E-state index in [0.717, 1.165) is 0 Å². The molecule has 0 unspecified atom stereocenters. The highest BCUT2D eigenvalue weighted by atomic mass is 79.9. The summed E-state index contributed by atoms with van der Waals surface area (Å²) in [6, 6.07) is 4.19. The van der Waals surface area contributed by atoms with Crippen molar-refractivity contribution in [3.05, 3.63) is 24.3 Å². The van der Waals surface area contributed by atoms with E-state index in [9.17, 15) is 19.5 Å². The number of aliphatic carboxylic acids is 1. The number of carbonyl (C=O) groups is 3. The van der Waals surface area contributed by atoms with Gasteiger partial charge in [-0.15, -0.1) is 0 Å². The third-order valence-electron chi connectivity index (χ3n) is 2.89. The van der Waals surface area contributed by atoms with Gasteiger partial charge in [0.2, 0.25) is 4.45 Å². The summed E-state index contributed by atoms with van der Waals surface area (Å²) in [6.45, 7) is 0. The summed E-state index contributed by atoms with van der Waals surface area (Å²) in [7, 11) is 1.51. The van der Waals surface area contributed by atoms with Gasteiger partial charge >= 0.3 is 12.0 Å². The van der Waals surface area contributed by atoms with Gasteiger partial charge in [0.1, 0.15) is 5.75 Å². The zero-order chi connectivity index (χ0) is 15.6. The van der Waals surface area contributed by atoms with Crippen molar-refractivity contribution >= 4 is 39.5 Å². The first-order valence-electron chi connectivity index (χ1n) is 5.82. The second kappa shape index (κ2) is 5.60. The van der Waals surface area contributed by atoms with E-state index in [4.69, 9.17) is 4.74 Å². The second-order valence-corrected chi connectivity index (χ2v) is 5.51. The lowest BCUT2D eigenvalue weighted by atomic mass is 10.0. The number of hydrogen-bond acceptors (Lipinski definition) is 5. The SMILES string of the molecule is COc1ccc(N[C@@]2(Br)C(=O)NC(=O)N[C@@H]2C(=O)O)cc1. The highest BCUT2D eigenvalue weighted by Crippen LogP contribution is 2.29. The van der Waals surface area contributed by atoms with Gasteiger partial charge in [0.05, 0.1) is 7.11 Å². The highest BCUT2D eigenvalue weighted by molar-refractivity contribution is 9.10. The molecule has 0 bridgehead atoms. The van der Waals surface area contributed by atoms with E-state index in [-0.39, 0.29) is 0 Å². The number of methoxy groups -OCH3 is 1. The molecule has 112 valence electrons. The van der Waals surface area contributed by atoms with Crippen LogP contribution in [0.1, 0.15) is 0 Å². The van der Waals surface area contributed by atoms with Crippen LogP contribution in [0.15, 0.2) is 24.3 Å². The highest BCUT2D eigenvalue weighted by Gasteiger charge is 2.52. The Labute approximate surface area is 128 Å². The van der Waals surface area contributed by atoms with Gasteiger partial charge in [0.25, 0.3) is 5.91 Å². The third-order valence-corrected chi connectivity index (χ3v) is 3.91. The monoisotopic (exact) mass is 357 g/mol. The summed E-state index contributed by atoms with van der Waals surface area (Å²) in [6.07, 6.45) is 0. The van der Waals surface area contributed by atoms with Crippen molar-refractivity contribution in [2.45, 2.75) is 10.5 Å². The molecule has 1 aliphatic heterocycles. The van der Waals surface area contributed by atoms with Crippen LogP contribution in [0.4, 0.5) is 10.5 Å². The number of imide groups is 1. The van der Waals surface area contributed by atoms with Crippen LogP contribution in [0.3, 0.4) is 0 Å². The Hall–Kier alpha value is -2.29. The minimum Gasteiger partial charge on any atom is -0.497 e. The van der Waals surface area contributed by atoms with E-state index < -0.39 is 28.4 Å². The molecule has 8 nitrogen and oxygen atoms in total. The van der Waals surface area contributed by atoms with Crippen LogP contribution in [-0.4, -0.2) is 40.6 Å². The maximum Gasteiger partial charge on any atom is 0.330 e. The van der Waals surface area contributed by atoms with Gasteiger partial charge in [-0.25, -0.2) is 9.59 Å². The molecule has 1 aromatic carbocycles. The second-order valence-electron chi connectivity index (χ2n) is 4.26. The molecule has 0 radical (unpaired) electrons. The van der Waals surface area contributed by atoms with Crippen molar-refractivity contribution in [2.75, 3.05) is 12.4 Å². The molecule has 21 heavy (non-hydrogen) atoms. The Morgan fingerprint density at radius 3 is 2.52 bits per heavy atom. The quantitative estimate of drug-likeness (QED) is 0.460. The minimum atomic E-state index is -1.71. The fourth-order valence-corrected chi connectivity index (χ4v) is 2.48. The van der Waals surface area contributed by atoms with Gasteiger partial charge in [-0.05, 0) is 40.2 Å². The number of alkyl halides is 1. The van der Waals surface area contributed by atoms with Crippen molar-refractivity contribution < 1.29 is 24.2 Å². The van der Waals surface area contributed by atoms with Gasteiger partial charge in [-0.3, -0.25) is 10.1 Å². The van der Waals surface area contributed by atoms with E-state index in [1.807, 2.05) is 5.32 Å². The number of amides is 3. The summed E-state index contributed by atoms with van der Waals surface area (Å²) in [5, 5.41) is 16.1. The molecule has 1 saturated heterocycles. The van der Waals surface area contributed by atoms with Gasteiger partial charge in [0.15, 0.2) is 6.04 Å². The van der Waals surface area contributed by atoms with E-state index in [1.54, 1.807) is 24.3 Å². The summed E-state index contributed by atoms with van der Waals surface area (Å²) in [4.78, 5) is 34.5. The molecule has 0 spiro atoms. The fraction of sp³-hybridized carbons (Fsp3) is 0.250. The largest absolute Gasteiger partial charge is 0.497 e. The predicted octanol–water partition coefficient (Wildman–Crippen LogP) is 0.491. The number of nitrogens with one attached hydrogen (secondary N) is 3. The average molecular weight is 358 g/mol. The predicted molar refractivity (Wildman–Crippen MR) is 76.4 cm³/mol. The Morgan fingerprint density at radius 1 is 1.38 bits per heavy atom. The molecule has 9 heteroatoms. The van der Waals surface area contributed by atoms with E-state index >= 15 is 0 Å². The Bertz CT molecular complexity index is 591. The number of rotatable bonds is 4. The third kappa shape index (κ3) is 2.92. The Kier molecular flexibility index (Phi) is 4.03. The maximum absolute atomic E-state index is 12.0. The lowest BCUT2D eigenvalue weighted by Crippen LogP contribution is -2.71. The number of hydrogen-bond donors (Lipinski definition) is 4. The summed E-state index contributed by atoms with van der Waals surface area (Å²) < 4.78 is 3.30. The molecular weight excluding hydrogens is 346 g/mol. The topological polar surface area (TPSA) is 117 Å². The zero-order valence-corrected chi connectivity index (χ0v) is 12.4. The number of benzene rings is 1. The van der Waals surface area contributed by atoms with Crippen LogP contribution >= 0.6 is 15.9 Å². The number of anilines is 1. The number of carboxylic acids is 1. The van der Waals surface area contributed by atoms with Crippen LogP contribution in [0.2, 0.25) is 0 Å². The van der Waals surface area contributed by atoms with Crippen LogP contribution in [0.5, 0.6) is 5.75 Å². The first kappa shape index (κ1) is 15.1. The van der Waals surface area contributed by atoms with Crippen LogP contribution in [-0.2, 0) is 9.59 Å². The van der Waals surface area contributed by atoms with E-state index in [0.29, 0.717) is 11.4 Å². The number of urea groups is 1. The van der Waals surface area contributed by atoms with Crippen molar-refractivity contribution in [3.8, 4) is 5.75 Å². The standard InChI is InChI=1S/C12H12BrN3O5/c1-21-7-4-2-6(3-5-7)16-12(13)8(9(17)18)14-11(20)15-10(12)19/h2-5,8,16H,1H3,(H,17,18)(H2,14,15,19,20)/t8-,12-/m1/s1. The molecule has 1 aromatic rings. The van der Waals surface area contributed by atoms with Crippen LogP contribution in [0, 0.1) is 0 Å². The first-order chi connectivity index (χ1) is 9.86. The lowest BCUT2D eigenvalue weighted by Gasteiger charge is -2.37. The first-order valence-corrected chi connectivity index (χ1v) is 6.62. The van der Waals surface area contributed by atoms with Crippen molar-refractivity contribution in [1.82, 2.24) is 10.6 Å². The fourth-order valence-electron chi connectivity index (χ4n) is 1.84. The van der Waals surface area contributed by atoms with Crippen molar-refractivity contribution in [1.29, 1.82) is 0 Å². The molecule has 1 heterocycles. The molecule has 0 aliphatic carbocycles. The molecule has 1 aliphatic rings. The summed E-state index contributed by atoms with van der Waals surface area (Å²) >= 11 is 3.08. The Balaban J connectivity index is 2.29. The van der Waals surface area contributed by atoms with Gasteiger partial charge in [-0.1, -0.05) is 0 Å². The number of carboxylic acid groups (broad SMARTS) is 1. The normalized spacial score (nSPS) is 24.8. The van der Waals surface area contributed by atoms with E-state index in [1.165, 1.54) is 7.11 Å². The van der Waals surface area contributed by atoms with Crippen molar-refractivity contribution in [2.24, 2.45) is 0 Å². The number of carbonyl (C=O) groups excluding carboxylic acids is 2. The van der Waals surface area contributed by atoms with Crippen LogP contribution in [0.25, 0.3) is 0 Å². The van der Waals surface area contributed by atoms with Gasteiger partial charge < -0.3 is 20.5 Å². The molecule has 3 amide bonds. The Morgan fingerprint density at radius 2 is 2.00 bits per heavy atom. The maximum atomic E-state index is 12.0. The molecule has 1 fully saturated rings. The molecule has 2 rings (SSSR count). The zero-order valence-electron chi connectivity index (χ0n) is 10.8. The number of ether oxygens (including phenoxy) is 1.